The lowest BCUT2D eigenvalue weighted by molar-refractivity contribution is -0.115. The van der Waals surface area contributed by atoms with Gasteiger partial charge in [0, 0.05) is 0 Å². The average molecular weight is 238 g/mol. The van der Waals surface area contributed by atoms with Gasteiger partial charge in [0.25, 0.3) is 0 Å². The van der Waals surface area contributed by atoms with Crippen molar-refractivity contribution in [2.24, 2.45) is 0 Å². The van der Waals surface area contributed by atoms with Gasteiger partial charge in [-0.2, -0.15) is 0 Å². The summed E-state index contributed by atoms with van der Waals surface area (Å²) in [5.41, 5.74) is -0.171. The Bertz CT molecular complexity index is 466. The van der Waals surface area contributed by atoms with Gasteiger partial charge in [0.05, 0.1) is 13.1 Å². The second-order valence-corrected chi connectivity index (χ2v) is 3.41. The van der Waals surface area contributed by atoms with Crippen molar-refractivity contribution in [1.29, 1.82) is 0 Å². The number of benzene rings is 1. The summed E-state index contributed by atoms with van der Waals surface area (Å²) < 4.78 is 26.8. The summed E-state index contributed by atoms with van der Waals surface area (Å²) in [5, 5.41) is 4.77. The number of terminal acetylenes is 1. The molecule has 0 aliphatic rings. The summed E-state index contributed by atoms with van der Waals surface area (Å²) in [6, 6.07) is 2.40. The number of aryl methyl sites for hydroxylation is 1. The lowest BCUT2D eigenvalue weighted by Crippen LogP contribution is -2.29. The van der Waals surface area contributed by atoms with E-state index in [0.717, 1.165) is 6.07 Å². The quantitative estimate of drug-likeness (QED) is 0.615. The van der Waals surface area contributed by atoms with Gasteiger partial charge < -0.3 is 5.32 Å². The smallest absolute Gasteiger partial charge is 0.238 e. The van der Waals surface area contributed by atoms with Gasteiger partial charge in [0.1, 0.15) is 11.5 Å². The van der Waals surface area contributed by atoms with Gasteiger partial charge in [-0.05, 0) is 18.6 Å². The summed E-state index contributed by atoms with van der Waals surface area (Å²) >= 11 is 0. The zero-order valence-electron chi connectivity index (χ0n) is 9.31. The molecule has 0 aromatic heterocycles. The Balaban J connectivity index is 2.72. The highest BCUT2D eigenvalue weighted by molar-refractivity contribution is 5.92. The molecule has 0 radical (unpaired) electrons. The fraction of sp³-hybridized carbons (Fsp3) is 0.250. The number of hydrogen-bond donors (Lipinski definition) is 2. The topological polar surface area (TPSA) is 41.1 Å². The molecule has 3 nitrogen and oxygen atoms in total. The van der Waals surface area contributed by atoms with E-state index in [2.05, 4.69) is 16.6 Å². The maximum absolute atomic E-state index is 13.5. The van der Waals surface area contributed by atoms with Crippen LogP contribution < -0.4 is 10.6 Å². The monoisotopic (exact) mass is 238 g/mol. The summed E-state index contributed by atoms with van der Waals surface area (Å²) in [7, 11) is 0. The van der Waals surface area contributed by atoms with E-state index in [1.54, 1.807) is 0 Å². The molecular formula is C12H12F2N2O. The second kappa shape index (κ2) is 5.97. The van der Waals surface area contributed by atoms with E-state index >= 15 is 0 Å². The predicted molar refractivity (Wildman–Crippen MR) is 61.4 cm³/mol. The van der Waals surface area contributed by atoms with Crippen molar-refractivity contribution in [1.82, 2.24) is 5.32 Å². The molecule has 1 amide bonds. The molecule has 90 valence electrons. The second-order valence-electron chi connectivity index (χ2n) is 3.41. The molecule has 0 spiro atoms. The highest BCUT2D eigenvalue weighted by Gasteiger charge is 2.13. The van der Waals surface area contributed by atoms with Crippen molar-refractivity contribution in [2.75, 3.05) is 18.4 Å². The van der Waals surface area contributed by atoms with Crippen LogP contribution in [-0.2, 0) is 4.79 Å². The normalized spacial score (nSPS) is 9.76. The lowest BCUT2D eigenvalue weighted by atomic mass is 10.2. The van der Waals surface area contributed by atoms with Gasteiger partial charge in [0.2, 0.25) is 5.91 Å². The summed E-state index contributed by atoms with van der Waals surface area (Å²) in [5.74, 6) is 0.152. The first kappa shape index (κ1) is 13.1. The molecule has 5 heteroatoms. The van der Waals surface area contributed by atoms with Crippen LogP contribution in [0.25, 0.3) is 0 Å². The predicted octanol–water partition coefficient (Wildman–Crippen LogP) is 1.43. The average Bonchev–Trinajstić information content (AvgIpc) is 2.30. The van der Waals surface area contributed by atoms with Gasteiger partial charge in [0.15, 0.2) is 5.82 Å². The number of anilines is 1. The van der Waals surface area contributed by atoms with Crippen molar-refractivity contribution in [3.63, 3.8) is 0 Å². The SMILES string of the molecule is C#CCNCC(=O)Nc1c(F)ccc(C)c1F. The van der Waals surface area contributed by atoms with Crippen LogP contribution in [0.2, 0.25) is 0 Å². The van der Waals surface area contributed by atoms with Gasteiger partial charge >= 0.3 is 0 Å². The van der Waals surface area contributed by atoms with E-state index in [-0.39, 0.29) is 18.7 Å². The summed E-state index contributed by atoms with van der Waals surface area (Å²) in [6.07, 6.45) is 4.97. The van der Waals surface area contributed by atoms with E-state index in [9.17, 15) is 13.6 Å². The molecule has 0 aliphatic heterocycles. The maximum atomic E-state index is 13.5. The third kappa shape index (κ3) is 3.54. The molecule has 0 aliphatic carbocycles. The molecule has 0 bridgehead atoms. The molecule has 17 heavy (non-hydrogen) atoms. The molecule has 0 saturated carbocycles. The molecule has 1 aromatic carbocycles. The van der Waals surface area contributed by atoms with Crippen LogP contribution in [0.3, 0.4) is 0 Å². The molecule has 1 rings (SSSR count). The fourth-order valence-electron chi connectivity index (χ4n) is 1.20. The summed E-state index contributed by atoms with van der Waals surface area (Å²) in [4.78, 5) is 11.3. The minimum atomic E-state index is -0.807. The standard InChI is InChI=1S/C12H12F2N2O/c1-3-6-15-7-10(17)16-12-9(13)5-4-8(2)11(12)14/h1,4-5,15H,6-7H2,2H3,(H,16,17). The zero-order chi connectivity index (χ0) is 12.8. The molecule has 2 N–H and O–H groups in total. The van der Waals surface area contributed by atoms with Crippen LogP contribution in [0.15, 0.2) is 12.1 Å². The van der Waals surface area contributed by atoms with Crippen molar-refractivity contribution in [3.05, 3.63) is 29.3 Å². The van der Waals surface area contributed by atoms with Gasteiger partial charge in [-0.3, -0.25) is 10.1 Å². The van der Waals surface area contributed by atoms with E-state index in [0.29, 0.717) is 0 Å². The van der Waals surface area contributed by atoms with Gasteiger partial charge in [-0.15, -0.1) is 6.42 Å². The Morgan fingerprint density at radius 3 is 2.82 bits per heavy atom. The van der Waals surface area contributed by atoms with E-state index in [4.69, 9.17) is 6.42 Å². The Morgan fingerprint density at radius 1 is 1.47 bits per heavy atom. The number of hydrogen-bond acceptors (Lipinski definition) is 2. The van der Waals surface area contributed by atoms with E-state index in [1.165, 1.54) is 13.0 Å². The zero-order valence-corrected chi connectivity index (χ0v) is 9.31. The minimum absolute atomic E-state index is 0.100. The van der Waals surface area contributed by atoms with Crippen molar-refractivity contribution >= 4 is 11.6 Å². The van der Waals surface area contributed by atoms with Gasteiger partial charge in [-0.1, -0.05) is 12.0 Å². The number of rotatable bonds is 4. The van der Waals surface area contributed by atoms with E-state index in [1.807, 2.05) is 0 Å². The number of amides is 1. The first-order valence-electron chi connectivity index (χ1n) is 4.95. The minimum Gasteiger partial charge on any atom is -0.320 e. The van der Waals surface area contributed by atoms with Crippen molar-refractivity contribution in [2.45, 2.75) is 6.92 Å². The molecule has 0 unspecified atom stereocenters. The Hall–Kier alpha value is -1.93. The fourth-order valence-corrected chi connectivity index (χ4v) is 1.20. The molecule has 0 fully saturated rings. The van der Waals surface area contributed by atoms with Gasteiger partial charge in [-0.25, -0.2) is 8.78 Å². The first-order chi connectivity index (χ1) is 8.06. The van der Waals surface area contributed by atoms with Crippen LogP contribution in [0.1, 0.15) is 5.56 Å². The Kier molecular flexibility index (Phi) is 4.61. The van der Waals surface area contributed by atoms with Crippen LogP contribution in [0.5, 0.6) is 0 Å². The molecule has 0 saturated heterocycles. The van der Waals surface area contributed by atoms with Crippen molar-refractivity contribution in [3.8, 4) is 12.3 Å². The summed E-state index contributed by atoms with van der Waals surface area (Å²) in [6.45, 7) is 1.60. The Labute approximate surface area is 98.2 Å². The first-order valence-corrected chi connectivity index (χ1v) is 4.95. The third-order valence-corrected chi connectivity index (χ3v) is 2.06. The van der Waals surface area contributed by atoms with Crippen LogP contribution in [0.4, 0.5) is 14.5 Å². The highest BCUT2D eigenvalue weighted by atomic mass is 19.1. The number of carbonyl (C=O) groups is 1. The molecule has 0 atom stereocenters. The van der Waals surface area contributed by atoms with Crippen LogP contribution >= 0.6 is 0 Å². The molecule has 0 heterocycles. The maximum Gasteiger partial charge on any atom is 0.238 e. The molecular weight excluding hydrogens is 226 g/mol. The number of halogens is 2. The number of nitrogens with one attached hydrogen (secondary N) is 2. The van der Waals surface area contributed by atoms with Crippen LogP contribution in [-0.4, -0.2) is 19.0 Å². The van der Waals surface area contributed by atoms with Crippen LogP contribution in [0, 0.1) is 30.9 Å². The third-order valence-electron chi connectivity index (χ3n) is 2.06. The lowest BCUT2D eigenvalue weighted by Gasteiger charge is -2.09. The largest absolute Gasteiger partial charge is 0.320 e. The number of carbonyl (C=O) groups excluding carboxylic acids is 1. The highest BCUT2D eigenvalue weighted by Crippen LogP contribution is 2.21. The van der Waals surface area contributed by atoms with Crippen molar-refractivity contribution < 1.29 is 13.6 Å². The molecule has 1 aromatic rings. The van der Waals surface area contributed by atoms with E-state index < -0.39 is 23.2 Å². The Morgan fingerprint density at radius 2 is 2.18 bits per heavy atom.